The molecule has 0 atom stereocenters. The first kappa shape index (κ1) is 24.1. The van der Waals surface area contributed by atoms with E-state index in [9.17, 15) is 6.85 Å². The van der Waals surface area contributed by atoms with Gasteiger partial charge in [-0.1, -0.05) is 188 Å². The van der Waals surface area contributed by atoms with E-state index in [0.29, 0.717) is 11.4 Å². The smallest absolute Gasteiger partial charge is 0.143 e. The highest BCUT2D eigenvalue weighted by molar-refractivity contribution is 6.13. The van der Waals surface area contributed by atoms with Gasteiger partial charge in [0.25, 0.3) is 0 Å². The van der Waals surface area contributed by atoms with Gasteiger partial charge < -0.3 is 13.9 Å². The molecule has 3 heteroatoms. The highest BCUT2D eigenvalue weighted by atomic mass is 16.3. The standard InChI is InChI=1S/C60H40N2O/c1-3-15-41(16-4-1)42-29-35-46(36-30-42)61(47-37-31-44(32-38-47)49-19-7-10-26-56(49)62-57-27-11-8-20-52(57)53-21-9-12-28-58(53)62)48-39-33-45(34-40-48)51-23-14-25-55-54-24-13-22-50(59(54)63-60(51)55)43-17-5-2-6-18-43/h1-40H/i2D,5D,6D,13D,14D,17D,18D,22D,23D,24D,25D,33D,34D,39D,40D. The molecule has 0 aliphatic carbocycles. The molecule has 296 valence electrons. The first-order chi connectivity index (χ1) is 37.5. The normalized spacial score (nSPS) is 14.8. The predicted molar refractivity (Wildman–Crippen MR) is 264 cm³/mol. The Kier molecular flexibility index (Phi) is 5.85. The number of aromatic nitrogens is 1. The highest BCUT2D eigenvalue weighted by Gasteiger charge is 2.19. The van der Waals surface area contributed by atoms with Crippen molar-refractivity contribution >= 4 is 60.8 Å². The second-order valence-electron chi connectivity index (χ2n) is 14.9. The summed E-state index contributed by atoms with van der Waals surface area (Å²) in [5, 5.41) is 1.54. The molecular weight excluding hydrogens is 765 g/mol. The summed E-state index contributed by atoms with van der Waals surface area (Å²) in [5.74, 6) is 0. The van der Waals surface area contributed by atoms with E-state index in [1.165, 1.54) is 0 Å². The maximum Gasteiger partial charge on any atom is 0.143 e. The molecule has 3 nitrogen and oxygen atoms in total. The number of hydrogen-bond acceptors (Lipinski definition) is 2. The van der Waals surface area contributed by atoms with Crippen LogP contribution in [0.4, 0.5) is 17.1 Å². The van der Waals surface area contributed by atoms with E-state index in [4.69, 9.17) is 18.1 Å². The van der Waals surface area contributed by atoms with Crippen LogP contribution in [0.1, 0.15) is 20.6 Å². The molecule has 0 aliphatic rings. The lowest BCUT2D eigenvalue weighted by Gasteiger charge is -2.26. The number of para-hydroxylation sites is 5. The van der Waals surface area contributed by atoms with Crippen molar-refractivity contribution in [1.82, 2.24) is 4.57 Å². The molecule has 0 bridgehead atoms. The molecule has 0 fully saturated rings. The van der Waals surface area contributed by atoms with Crippen molar-refractivity contribution in [2.45, 2.75) is 0 Å². The van der Waals surface area contributed by atoms with Crippen LogP contribution in [0, 0.1) is 0 Å². The second-order valence-corrected chi connectivity index (χ2v) is 14.9. The summed E-state index contributed by atoms with van der Waals surface area (Å²) in [6.07, 6.45) is 0. The molecule has 0 saturated carbocycles. The zero-order valence-corrected chi connectivity index (χ0v) is 33.2. The third-order valence-electron chi connectivity index (χ3n) is 11.3. The van der Waals surface area contributed by atoms with Crippen LogP contribution in [0.3, 0.4) is 0 Å². The van der Waals surface area contributed by atoms with Crippen molar-refractivity contribution in [3.05, 3.63) is 242 Å². The van der Waals surface area contributed by atoms with Crippen LogP contribution in [0.15, 0.2) is 247 Å². The van der Waals surface area contributed by atoms with Crippen LogP contribution >= 0.6 is 0 Å². The Bertz CT molecular complexity index is 4390. The molecule has 0 amide bonds. The summed E-state index contributed by atoms with van der Waals surface area (Å²) < 4.78 is 144. The lowest BCUT2D eigenvalue weighted by Crippen LogP contribution is -2.09. The predicted octanol–water partition coefficient (Wildman–Crippen LogP) is 16.8. The minimum Gasteiger partial charge on any atom is -0.455 e. The summed E-state index contributed by atoms with van der Waals surface area (Å²) in [5.41, 5.74) is 4.55. The molecule has 0 unspecified atom stereocenters. The number of fused-ring (bicyclic) bond motifs is 6. The van der Waals surface area contributed by atoms with E-state index in [-0.39, 0.29) is 16.5 Å². The molecule has 0 saturated heterocycles. The van der Waals surface area contributed by atoms with Crippen molar-refractivity contribution < 1.29 is 25.0 Å². The first-order valence-corrected chi connectivity index (χ1v) is 20.3. The minimum atomic E-state index is -0.750. The quantitative estimate of drug-likeness (QED) is 0.152. The Morgan fingerprint density at radius 2 is 0.841 bits per heavy atom. The molecule has 0 aliphatic heterocycles. The van der Waals surface area contributed by atoms with Crippen LogP contribution < -0.4 is 4.90 Å². The number of nitrogens with zero attached hydrogens (tertiary/aromatic N) is 2. The lowest BCUT2D eigenvalue weighted by atomic mass is 9.99. The molecule has 63 heavy (non-hydrogen) atoms. The summed E-state index contributed by atoms with van der Waals surface area (Å²) in [4.78, 5) is 1.62. The summed E-state index contributed by atoms with van der Waals surface area (Å²) in [6.45, 7) is 0. The van der Waals surface area contributed by atoms with Crippen LogP contribution in [-0.4, -0.2) is 4.57 Å². The Balaban J connectivity index is 1.06. The molecule has 12 rings (SSSR count). The Hall–Kier alpha value is -8.40. The maximum atomic E-state index is 9.79. The molecule has 0 N–H and O–H groups in total. The number of anilines is 3. The fourth-order valence-corrected chi connectivity index (χ4v) is 8.44. The zero-order valence-electron chi connectivity index (χ0n) is 48.2. The Labute approximate surface area is 387 Å². The molecule has 10 aromatic carbocycles. The fourth-order valence-electron chi connectivity index (χ4n) is 8.44. The summed E-state index contributed by atoms with van der Waals surface area (Å²) in [7, 11) is 0. The minimum absolute atomic E-state index is 0.162. The third-order valence-corrected chi connectivity index (χ3v) is 11.3. The van der Waals surface area contributed by atoms with Gasteiger partial charge in [0.1, 0.15) is 11.2 Å². The van der Waals surface area contributed by atoms with Crippen molar-refractivity contribution in [2.75, 3.05) is 4.90 Å². The van der Waals surface area contributed by atoms with Crippen molar-refractivity contribution in [3.8, 4) is 50.2 Å². The van der Waals surface area contributed by atoms with E-state index < -0.39 is 124 Å². The number of hydrogen-bond donors (Lipinski definition) is 0. The van der Waals surface area contributed by atoms with Crippen LogP contribution in [-0.2, 0) is 0 Å². The van der Waals surface area contributed by atoms with Crippen LogP contribution in [0.5, 0.6) is 0 Å². The molecular formula is C60H40N2O. The number of furan rings is 1. The van der Waals surface area contributed by atoms with Gasteiger partial charge in [-0.25, -0.2) is 0 Å². The van der Waals surface area contributed by atoms with E-state index in [0.717, 1.165) is 49.7 Å². The van der Waals surface area contributed by atoms with Gasteiger partial charge in [-0.3, -0.25) is 0 Å². The monoisotopic (exact) mass is 819 g/mol. The van der Waals surface area contributed by atoms with Gasteiger partial charge in [-0.15, -0.1) is 0 Å². The van der Waals surface area contributed by atoms with Gasteiger partial charge in [-0.05, 0) is 82.4 Å². The van der Waals surface area contributed by atoms with E-state index >= 15 is 0 Å². The number of benzene rings is 10. The van der Waals surface area contributed by atoms with Gasteiger partial charge in [0, 0.05) is 55.3 Å². The van der Waals surface area contributed by atoms with Gasteiger partial charge in [0.2, 0.25) is 0 Å². The van der Waals surface area contributed by atoms with E-state index in [1.54, 1.807) is 4.90 Å². The van der Waals surface area contributed by atoms with Gasteiger partial charge in [-0.2, -0.15) is 0 Å². The van der Waals surface area contributed by atoms with Gasteiger partial charge in [0.15, 0.2) is 0 Å². The average molecular weight is 820 g/mol. The maximum absolute atomic E-state index is 9.79. The molecule has 0 spiro atoms. The molecule has 2 heterocycles. The van der Waals surface area contributed by atoms with Crippen molar-refractivity contribution in [3.63, 3.8) is 0 Å². The van der Waals surface area contributed by atoms with Crippen LogP contribution in [0.2, 0.25) is 0 Å². The van der Waals surface area contributed by atoms with E-state index in [2.05, 4.69) is 34.9 Å². The summed E-state index contributed by atoms with van der Waals surface area (Å²) in [6, 6.07) is 38.9. The topological polar surface area (TPSA) is 21.3 Å². The highest BCUT2D eigenvalue weighted by Crippen LogP contribution is 2.43. The van der Waals surface area contributed by atoms with E-state index in [1.807, 2.05) is 121 Å². The Morgan fingerprint density at radius 1 is 0.333 bits per heavy atom. The first-order valence-electron chi connectivity index (χ1n) is 27.8. The summed E-state index contributed by atoms with van der Waals surface area (Å²) >= 11 is 0. The lowest BCUT2D eigenvalue weighted by molar-refractivity contribution is 0.671. The van der Waals surface area contributed by atoms with Crippen LogP contribution in [0.25, 0.3) is 93.9 Å². The second kappa shape index (κ2) is 15.3. The Morgan fingerprint density at radius 3 is 1.46 bits per heavy atom. The molecule has 0 radical (unpaired) electrons. The molecule has 2 aromatic heterocycles. The zero-order chi connectivity index (χ0) is 54.7. The largest absolute Gasteiger partial charge is 0.455 e. The SMILES string of the molecule is [2H]c1c([2H])c([2H])c(-c2c([2H])c([2H])c([2H])c3c2oc2c(-c4c([2H])c([2H])c(N(c5ccc(-c6ccccc6)cc5)c5ccc(-c6ccccc6-n6c7ccccc7c7ccccc76)cc5)c([2H])c4[2H])c([2H])c([2H])c([2H])c23)c([2H])c1[2H]. The van der Waals surface area contributed by atoms with Crippen molar-refractivity contribution in [1.29, 1.82) is 0 Å². The third kappa shape index (κ3) is 6.29. The van der Waals surface area contributed by atoms with Gasteiger partial charge in [0.05, 0.1) is 37.3 Å². The molecule has 12 aromatic rings. The van der Waals surface area contributed by atoms with Crippen molar-refractivity contribution in [2.24, 2.45) is 0 Å². The average Bonchev–Trinajstić information content (AvgIpc) is 4.22. The van der Waals surface area contributed by atoms with Gasteiger partial charge >= 0.3 is 0 Å². The fraction of sp³-hybridized carbons (Fsp3) is 0. The number of rotatable bonds is 8.